The van der Waals surface area contributed by atoms with Gasteiger partial charge in [-0.3, -0.25) is 4.79 Å². The van der Waals surface area contributed by atoms with Crippen molar-refractivity contribution in [2.45, 2.75) is 38.5 Å². The molecule has 5 heteroatoms. The van der Waals surface area contributed by atoms with Crippen molar-refractivity contribution in [1.29, 1.82) is 0 Å². The summed E-state index contributed by atoms with van der Waals surface area (Å²) in [5, 5.41) is 0.791. The van der Waals surface area contributed by atoms with E-state index in [0.29, 0.717) is 17.8 Å². The largest absolute Gasteiger partial charge is 0.497 e. The summed E-state index contributed by atoms with van der Waals surface area (Å²) >= 11 is 0. The Morgan fingerprint density at radius 2 is 1.82 bits per heavy atom. The van der Waals surface area contributed by atoms with E-state index in [1.807, 2.05) is 37.3 Å². The molecule has 0 spiro atoms. The van der Waals surface area contributed by atoms with Crippen LogP contribution in [0.25, 0.3) is 11.0 Å². The standard InChI is InChI=1S/C23H20O5/c1-12-10-18-21(15-4-3-5-16(15)23(25)27-18)22-20(12)17(11-19(24)28-22)13-6-8-14(26-2)9-7-13/h6-10,17H,3-5,11H2,1-2H3/t17-/m1/s1. The highest BCUT2D eigenvalue weighted by atomic mass is 16.5. The number of esters is 1. The minimum absolute atomic E-state index is 0.101. The van der Waals surface area contributed by atoms with Gasteiger partial charge in [-0.25, -0.2) is 4.79 Å². The van der Waals surface area contributed by atoms with E-state index < -0.39 is 0 Å². The quantitative estimate of drug-likeness (QED) is 0.384. The Balaban J connectivity index is 1.79. The predicted molar refractivity (Wildman–Crippen MR) is 104 cm³/mol. The van der Waals surface area contributed by atoms with Crippen LogP contribution in [0.2, 0.25) is 0 Å². The maximum atomic E-state index is 12.5. The lowest BCUT2D eigenvalue weighted by Crippen LogP contribution is -2.23. The monoisotopic (exact) mass is 376 g/mol. The van der Waals surface area contributed by atoms with E-state index in [1.54, 1.807) is 7.11 Å². The molecular weight excluding hydrogens is 356 g/mol. The molecule has 3 aromatic rings. The zero-order chi connectivity index (χ0) is 19.4. The number of benzene rings is 2. The second-order valence-electron chi connectivity index (χ2n) is 7.51. The van der Waals surface area contributed by atoms with Gasteiger partial charge in [-0.15, -0.1) is 0 Å². The molecule has 0 saturated carbocycles. The first-order valence-corrected chi connectivity index (χ1v) is 9.53. The summed E-state index contributed by atoms with van der Waals surface area (Å²) in [6, 6.07) is 9.70. The van der Waals surface area contributed by atoms with Gasteiger partial charge < -0.3 is 13.9 Å². The third-order valence-corrected chi connectivity index (χ3v) is 5.91. The number of fused-ring (bicyclic) bond motifs is 5. The number of carbonyl (C=O) groups excluding carboxylic acids is 1. The van der Waals surface area contributed by atoms with E-state index in [-0.39, 0.29) is 23.9 Å². The molecule has 5 rings (SSSR count). The fraction of sp³-hybridized carbons (Fsp3) is 0.304. The van der Waals surface area contributed by atoms with Crippen molar-refractivity contribution in [2.75, 3.05) is 7.11 Å². The summed E-state index contributed by atoms with van der Waals surface area (Å²) in [4.78, 5) is 24.8. The van der Waals surface area contributed by atoms with E-state index in [0.717, 1.165) is 51.8 Å². The van der Waals surface area contributed by atoms with Crippen LogP contribution in [0.15, 0.2) is 39.5 Å². The Bertz CT molecular complexity index is 1170. The van der Waals surface area contributed by atoms with E-state index in [4.69, 9.17) is 13.9 Å². The molecule has 1 aliphatic carbocycles. The first kappa shape index (κ1) is 17.0. The van der Waals surface area contributed by atoms with E-state index in [1.165, 1.54) is 0 Å². The SMILES string of the molecule is COc1ccc([C@H]2CC(=O)Oc3c2c(C)cc2oc(=O)c4c(c32)CCC4)cc1. The molecule has 5 nitrogen and oxygen atoms in total. The van der Waals surface area contributed by atoms with Crippen LogP contribution in [-0.4, -0.2) is 13.1 Å². The van der Waals surface area contributed by atoms with Gasteiger partial charge in [0, 0.05) is 17.0 Å². The topological polar surface area (TPSA) is 65.7 Å². The molecule has 2 aliphatic rings. The van der Waals surface area contributed by atoms with Crippen molar-refractivity contribution >= 4 is 16.9 Å². The summed E-state index contributed by atoms with van der Waals surface area (Å²) in [5.74, 6) is 0.972. The van der Waals surface area contributed by atoms with E-state index in [2.05, 4.69) is 0 Å². The molecule has 1 atom stereocenters. The zero-order valence-corrected chi connectivity index (χ0v) is 15.8. The summed E-state index contributed by atoms with van der Waals surface area (Å²) < 4.78 is 16.6. The highest BCUT2D eigenvalue weighted by molar-refractivity contribution is 5.94. The van der Waals surface area contributed by atoms with Crippen molar-refractivity contribution in [1.82, 2.24) is 0 Å². The number of methoxy groups -OCH3 is 1. The minimum atomic E-state index is -0.270. The number of hydrogen-bond donors (Lipinski definition) is 0. The molecule has 0 radical (unpaired) electrons. The fourth-order valence-electron chi connectivity index (χ4n) is 4.63. The van der Waals surface area contributed by atoms with Gasteiger partial charge in [0.05, 0.1) is 18.9 Å². The molecule has 2 aromatic carbocycles. The van der Waals surface area contributed by atoms with Gasteiger partial charge in [0.2, 0.25) is 0 Å². The minimum Gasteiger partial charge on any atom is -0.497 e. The van der Waals surface area contributed by atoms with E-state index in [9.17, 15) is 9.59 Å². The highest BCUT2D eigenvalue weighted by Gasteiger charge is 2.34. The molecule has 2 heterocycles. The second-order valence-corrected chi connectivity index (χ2v) is 7.51. The van der Waals surface area contributed by atoms with Crippen molar-refractivity contribution in [2.24, 2.45) is 0 Å². The lowest BCUT2D eigenvalue weighted by Gasteiger charge is -2.28. The number of aryl methyl sites for hydroxylation is 2. The van der Waals surface area contributed by atoms with Crippen LogP contribution in [-0.2, 0) is 17.6 Å². The van der Waals surface area contributed by atoms with Crippen molar-refractivity contribution < 1.29 is 18.7 Å². The summed E-state index contributed by atoms with van der Waals surface area (Å²) in [6.07, 6.45) is 2.71. The van der Waals surface area contributed by atoms with Gasteiger partial charge in [-0.2, -0.15) is 0 Å². The third kappa shape index (κ3) is 2.46. The molecule has 0 bridgehead atoms. The molecule has 0 fully saturated rings. The normalized spacial score (nSPS) is 17.9. The average molecular weight is 376 g/mol. The van der Waals surface area contributed by atoms with E-state index >= 15 is 0 Å². The summed E-state index contributed by atoms with van der Waals surface area (Å²) in [5.41, 5.74) is 4.93. The first-order valence-electron chi connectivity index (χ1n) is 9.53. The predicted octanol–water partition coefficient (Wildman–Crippen LogP) is 4.04. The summed E-state index contributed by atoms with van der Waals surface area (Å²) in [6.45, 7) is 1.97. The maximum absolute atomic E-state index is 12.5. The number of ether oxygens (including phenoxy) is 2. The second kappa shape index (κ2) is 6.23. The molecule has 142 valence electrons. The molecule has 0 unspecified atom stereocenters. The van der Waals surface area contributed by atoms with Crippen molar-refractivity contribution in [3.63, 3.8) is 0 Å². The van der Waals surface area contributed by atoms with Crippen LogP contribution in [0, 0.1) is 6.92 Å². The Kier molecular flexibility index (Phi) is 3.79. The lowest BCUT2D eigenvalue weighted by atomic mass is 9.82. The maximum Gasteiger partial charge on any atom is 0.339 e. The Hall–Kier alpha value is -3.08. The average Bonchev–Trinajstić information content (AvgIpc) is 3.17. The van der Waals surface area contributed by atoms with Gasteiger partial charge in [-0.1, -0.05) is 12.1 Å². The van der Waals surface area contributed by atoms with Gasteiger partial charge in [0.15, 0.2) is 0 Å². The van der Waals surface area contributed by atoms with Gasteiger partial charge in [-0.05, 0) is 61.1 Å². The number of hydrogen-bond acceptors (Lipinski definition) is 5. The van der Waals surface area contributed by atoms with Gasteiger partial charge in [0.25, 0.3) is 0 Å². The van der Waals surface area contributed by atoms with Gasteiger partial charge in [0.1, 0.15) is 17.1 Å². The van der Waals surface area contributed by atoms with Crippen molar-refractivity contribution in [3.8, 4) is 11.5 Å². The Labute approximate surface area is 161 Å². The Morgan fingerprint density at radius 3 is 2.57 bits per heavy atom. The van der Waals surface area contributed by atoms with Crippen LogP contribution in [0.4, 0.5) is 0 Å². The first-order chi connectivity index (χ1) is 13.6. The zero-order valence-electron chi connectivity index (χ0n) is 15.8. The highest BCUT2D eigenvalue weighted by Crippen LogP contribution is 2.46. The molecular formula is C23H20O5. The molecule has 0 saturated heterocycles. The van der Waals surface area contributed by atoms with Crippen molar-refractivity contribution in [3.05, 3.63) is 68.6 Å². The molecule has 28 heavy (non-hydrogen) atoms. The molecule has 0 N–H and O–H groups in total. The molecule has 1 aromatic heterocycles. The van der Waals surface area contributed by atoms with Crippen LogP contribution in [0.1, 0.15) is 46.6 Å². The van der Waals surface area contributed by atoms with Crippen LogP contribution < -0.4 is 15.1 Å². The van der Waals surface area contributed by atoms with Crippen LogP contribution in [0.3, 0.4) is 0 Å². The number of rotatable bonds is 2. The van der Waals surface area contributed by atoms with Crippen LogP contribution >= 0.6 is 0 Å². The molecule has 1 aliphatic heterocycles. The number of carbonyl (C=O) groups is 1. The van der Waals surface area contributed by atoms with Crippen LogP contribution in [0.5, 0.6) is 11.5 Å². The summed E-state index contributed by atoms with van der Waals surface area (Å²) in [7, 11) is 1.63. The van der Waals surface area contributed by atoms with Gasteiger partial charge >= 0.3 is 11.6 Å². The molecule has 0 amide bonds. The Morgan fingerprint density at radius 1 is 1.07 bits per heavy atom. The smallest absolute Gasteiger partial charge is 0.339 e. The lowest BCUT2D eigenvalue weighted by molar-refractivity contribution is -0.135. The fourth-order valence-corrected chi connectivity index (χ4v) is 4.63. The third-order valence-electron chi connectivity index (χ3n) is 5.91.